The molecule has 5 nitrogen and oxygen atoms in total. The number of nitrogens with zero attached hydrogens (tertiary/aromatic N) is 2. The van der Waals surface area contributed by atoms with Crippen LogP contribution in [0.4, 0.5) is 11.4 Å². The Morgan fingerprint density at radius 2 is 1.81 bits per heavy atom. The van der Waals surface area contributed by atoms with Crippen LogP contribution in [0.3, 0.4) is 0 Å². The summed E-state index contributed by atoms with van der Waals surface area (Å²) in [6.45, 7) is 12.0. The van der Waals surface area contributed by atoms with E-state index in [9.17, 15) is 4.79 Å². The number of rotatable bonds is 7. The Kier molecular flexibility index (Phi) is 9.24. The predicted molar refractivity (Wildman–Crippen MR) is 134 cm³/mol. The Hall–Kier alpha value is -2.24. The Labute approximate surface area is 197 Å². The topological polar surface area (TPSA) is 44.8 Å². The normalized spacial score (nSPS) is 16.0. The minimum absolute atomic E-state index is 0.0874. The summed E-state index contributed by atoms with van der Waals surface area (Å²) in [6.07, 6.45) is 3.52. The van der Waals surface area contributed by atoms with Crippen molar-refractivity contribution in [2.75, 3.05) is 49.5 Å². The van der Waals surface area contributed by atoms with Crippen molar-refractivity contribution in [2.45, 2.75) is 46.5 Å². The maximum Gasteiger partial charge on any atom is 0.224 e. The zero-order valence-electron chi connectivity index (χ0n) is 19.6. The lowest BCUT2D eigenvalue weighted by Gasteiger charge is -2.36. The first-order chi connectivity index (χ1) is 15.6. The van der Waals surface area contributed by atoms with Crippen LogP contribution in [0.2, 0.25) is 5.02 Å². The zero-order valence-corrected chi connectivity index (χ0v) is 20.4. The van der Waals surface area contributed by atoms with Crippen molar-refractivity contribution in [1.29, 1.82) is 0 Å². The van der Waals surface area contributed by atoms with Crippen molar-refractivity contribution in [2.24, 2.45) is 0 Å². The molecule has 4 rings (SSSR count). The summed E-state index contributed by atoms with van der Waals surface area (Å²) in [6, 6.07) is 12.3. The van der Waals surface area contributed by atoms with Crippen molar-refractivity contribution in [1.82, 2.24) is 4.90 Å². The molecule has 0 aromatic heterocycles. The van der Waals surface area contributed by atoms with Gasteiger partial charge in [-0.1, -0.05) is 43.6 Å². The van der Waals surface area contributed by atoms with Crippen molar-refractivity contribution in [3.05, 3.63) is 52.5 Å². The lowest BCUT2D eigenvalue weighted by atomic mass is 10.0. The van der Waals surface area contributed by atoms with Gasteiger partial charge in [0.1, 0.15) is 5.75 Å². The third-order valence-corrected chi connectivity index (χ3v) is 6.49. The van der Waals surface area contributed by atoms with Gasteiger partial charge in [-0.25, -0.2) is 0 Å². The number of anilines is 2. The molecule has 0 unspecified atom stereocenters. The number of hydrogen-bond acceptors (Lipinski definition) is 4. The molecule has 1 amide bonds. The molecule has 2 aromatic carbocycles. The van der Waals surface area contributed by atoms with Crippen LogP contribution < -0.4 is 15.0 Å². The SMILES string of the molecule is CC.Cc1cccc(N2CCN(CCCCOc3ccc4c(c3)NC(=O)CC4)CC2)c1Cl. The number of piperazine rings is 1. The summed E-state index contributed by atoms with van der Waals surface area (Å²) in [5, 5.41) is 3.81. The molecule has 0 bridgehead atoms. The second-order valence-corrected chi connectivity index (χ2v) is 8.54. The highest BCUT2D eigenvalue weighted by Crippen LogP contribution is 2.30. The highest BCUT2D eigenvalue weighted by Gasteiger charge is 2.19. The van der Waals surface area contributed by atoms with Crippen LogP contribution in [0.1, 0.15) is 44.2 Å². The van der Waals surface area contributed by atoms with Crippen molar-refractivity contribution < 1.29 is 9.53 Å². The molecular formula is C26H36ClN3O2. The van der Waals surface area contributed by atoms with Gasteiger partial charge in [-0.15, -0.1) is 0 Å². The van der Waals surface area contributed by atoms with E-state index >= 15 is 0 Å². The predicted octanol–water partition coefficient (Wildman–Crippen LogP) is 5.54. The fraction of sp³-hybridized carbons (Fsp3) is 0.500. The molecule has 1 N–H and O–H groups in total. The molecule has 174 valence electrons. The van der Waals surface area contributed by atoms with Crippen LogP contribution in [0.25, 0.3) is 0 Å². The summed E-state index contributed by atoms with van der Waals surface area (Å²) in [5.74, 6) is 0.920. The van der Waals surface area contributed by atoms with Crippen LogP contribution in [0.5, 0.6) is 5.75 Å². The smallest absolute Gasteiger partial charge is 0.224 e. The number of nitrogens with one attached hydrogen (secondary N) is 1. The van der Waals surface area contributed by atoms with Gasteiger partial charge < -0.3 is 15.0 Å². The van der Waals surface area contributed by atoms with E-state index in [4.69, 9.17) is 16.3 Å². The van der Waals surface area contributed by atoms with Crippen LogP contribution >= 0.6 is 11.6 Å². The largest absolute Gasteiger partial charge is 0.494 e. The first kappa shape index (κ1) is 24.4. The molecule has 1 saturated heterocycles. The lowest BCUT2D eigenvalue weighted by Crippen LogP contribution is -2.46. The molecule has 0 saturated carbocycles. The number of carbonyl (C=O) groups excluding carboxylic acids is 1. The van der Waals surface area contributed by atoms with Gasteiger partial charge in [0.25, 0.3) is 0 Å². The van der Waals surface area contributed by atoms with E-state index in [1.807, 2.05) is 26.0 Å². The van der Waals surface area contributed by atoms with Gasteiger partial charge in [0.15, 0.2) is 0 Å². The Balaban J connectivity index is 0.00000141. The molecule has 0 spiro atoms. The highest BCUT2D eigenvalue weighted by atomic mass is 35.5. The number of hydrogen-bond donors (Lipinski definition) is 1. The van der Waals surface area contributed by atoms with Crippen molar-refractivity contribution in [3.63, 3.8) is 0 Å². The quantitative estimate of drug-likeness (QED) is 0.554. The molecule has 2 aliphatic rings. The average Bonchev–Trinajstić information content (AvgIpc) is 2.82. The van der Waals surface area contributed by atoms with Crippen molar-refractivity contribution >= 4 is 28.9 Å². The molecule has 1 fully saturated rings. The summed E-state index contributed by atoms with van der Waals surface area (Å²) in [7, 11) is 0. The lowest BCUT2D eigenvalue weighted by molar-refractivity contribution is -0.116. The minimum Gasteiger partial charge on any atom is -0.494 e. The first-order valence-electron chi connectivity index (χ1n) is 11.9. The van der Waals surface area contributed by atoms with Gasteiger partial charge in [0, 0.05) is 44.4 Å². The van der Waals surface area contributed by atoms with Crippen LogP contribution in [0.15, 0.2) is 36.4 Å². The summed E-state index contributed by atoms with van der Waals surface area (Å²) in [4.78, 5) is 16.5. The van der Waals surface area contributed by atoms with E-state index in [1.165, 1.54) is 5.56 Å². The fourth-order valence-electron chi connectivity index (χ4n) is 4.16. The van der Waals surface area contributed by atoms with E-state index in [0.717, 1.165) is 79.7 Å². The maximum absolute atomic E-state index is 11.6. The molecule has 2 aromatic rings. The van der Waals surface area contributed by atoms with Gasteiger partial charge in [-0.05, 0) is 56.0 Å². The van der Waals surface area contributed by atoms with Crippen LogP contribution in [-0.4, -0.2) is 50.1 Å². The Bertz CT molecular complexity index is 895. The van der Waals surface area contributed by atoms with Gasteiger partial charge in [-0.2, -0.15) is 0 Å². The van der Waals surface area contributed by atoms with Gasteiger partial charge in [-0.3, -0.25) is 9.69 Å². The third-order valence-electron chi connectivity index (χ3n) is 6.00. The summed E-state index contributed by atoms with van der Waals surface area (Å²) >= 11 is 6.49. The van der Waals surface area contributed by atoms with Crippen LogP contribution in [-0.2, 0) is 11.2 Å². The fourth-order valence-corrected chi connectivity index (χ4v) is 4.40. The van der Waals surface area contributed by atoms with Gasteiger partial charge in [0.05, 0.1) is 17.3 Å². The molecule has 6 heteroatoms. The van der Waals surface area contributed by atoms with Gasteiger partial charge >= 0.3 is 0 Å². The van der Waals surface area contributed by atoms with E-state index in [0.29, 0.717) is 13.0 Å². The van der Waals surface area contributed by atoms with E-state index in [-0.39, 0.29) is 5.91 Å². The molecule has 2 aliphatic heterocycles. The zero-order chi connectivity index (χ0) is 22.9. The van der Waals surface area contributed by atoms with Gasteiger partial charge in [0.2, 0.25) is 5.91 Å². The number of ether oxygens (including phenoxy) is 1. The number of amides is 1. The number of carbonyl (C=O) groups is 1. The number of benzene rings is 2. The second kappa shape index (κ2) is 12.1. The van der Waals surface area contributed by atoms with E-state index < -0.39 is 0 Å². The number of halogens is 1. The second-order valence-electron chi connectivity index (χ2n) is 8.16. The first-order valence-corrected chi connectivity index (χ1v) is 12.3. The Morgan fingerprint density at radius 1 is 1.03 bits per heavy atom. The van der Waals surface area contributed by atoms with Crippen molar-refractivity contribution in [3.8, 4) is 5.75 Å². The highest BCUT2D eigenvalue weighted by molar-refractivity contribution is 6.34. The maximum atomic E-state index is 11.6. The number of aryl methyl sites for hydroxylation is 2. The van der Waals surface area contributed by atoms with E-state index in [1.54, 1.807) is 0 Å². The minimum atomic E-state index is 0.0874. The molecule has 0 atom stereocenters. The van der Waals surface area contributed by atoms with E-state index in [2.05, 4.69) is 46.3 Å². The molecular weight excluding hydrogens is 422 g/mol. The molecule has 32 heavy (non-hydrogen) atoms. The Morgan fingerprint density at radius 3 is 2.59 bits per heavy atom. The third kappa shape index (κ3) is 6.39. The summed E-state index contributed by atoms with van der Waals surface area (Å²) < 4.78 is 5.90. The number of fused-ring (bicyclic) bond motifs is 1. The van der Waals surface area contributed by atoms with Crippen LogP contribution in [0, 0.1) is 6.92 Å². The standard InChI is InChI=1S/C24H30ClN3O2.C2H6/c1-18-5-4-6-22(24(18)25)28-14-12-27(13-15-28)11-2-3-16-30-20-9-7-19-8-10-23(29)26-21(19)17-20;1-2/h4-7,9,17H,2-3,8,10-16H2,1H3,(H,26,29);1-2H3. The molecule has 0 radical (unpaired) electrons. The monoisotopic (exact) mass is 457 g/mol. The summed E-state index contributed by atoms with van der Waals surface area (Å²) in [5.41, 5.74) is 4.38. The number of unbranched alkanes of at least 4 members (excludes halogenated alkanes) is 1. The molecule has 2 heterocycles. The average molecular weight is 458 g/mol. The molecule has 0 aliphatic carbocycles.